The zero-order valence-corrected chi connectivity index (χ0v) is 14.1. The number of amides is 1. The van der Waals surface area contributed by atoms with E-state index in [9.17, 15) is 4.79 Å². The molecular formula is C20H19N3O3. The van der Waals surface area contributed by atoms with Crippen LogP contribution < -0.4 is 25.8 Å². The van der Waals surface area contributed by atoms with Gasteiger partial charge in [-0.3, -0.25) is 4.79 Å². The highest BCUT2D eigenvalue weighted by molar-refractivity contribution is 5.95. The molecule has 2 aliphatic heterocycles. The topological polar surface area (TPSA) is 85.6 Å². The number of allylic oxidation sites excluding steroid dienone is 1. The molecule has 4 N–H and O–H groups in total. The lowest BCUT2D eigenvalue weighted by molar-refractivity contribution is -0.115. The number of hydrogen-bond donors (Lipinski definition) is 3. The van der Waals surface area contributed by atoms with Crippen LogP contribution in [0.5, 0.6) is 11.5 Å². The van der Waals surface area contributed by atoms with Gasteiger partial charge in [-0.15, -0.1) is 0 Å². The third-order valence-electron chi connectivity index (χ3n) is 4.33. The summed E-state index contributed by atoms with van der Waals surface area (Å²) < 4.78 is 11.3. The fourth-order valence-corrected chi connectivity index (χ4v) is 3.07. The zero-order chi connectivity index (χ0) is 17.9. The molecule has 0 unspecified atom stereocenters. The van der Waals surface area contributed by atoms with Gasteiger partial charge in [0.2, 0.25) is 12.7 Å². The summed E-state index contributed by atoms with van der Waals surface area (Å²) in [7, 11) is 0. The van der Waals surface area contributed by atoms with Crippen LogP contribution in [0.1, 0.15) is 11.1 Å². The van der Waals surface area contributed by atoms with Crippen molar-refractivity contribution in [3.8, 4) is 11.5 Å². The molecule has 0 bridgehead atoms. The average molecular weight is 349 g/mol. The van der Waals surface area contributed by atoms with Crippen LogP contribution in [0.2, 0.25) is 0 Å². The largest absolute Gasteiger partial charge is 0.453 e. The molecule has 0 aliphatic carbocycles. The predicted molar refractivity (Wildman–Crippen MR) is 99.6 cm³/mol. The maximum atomic E-state index is 12.4. The van der Waals surface area contributed by atoms with Crippen LogP contribution in [0.4, 0.5) is 5.69 Å². The van der Waals surface area contributed by atoms with Gasteiger partial charge in [0, 0.05) is 23.4 Å². The molecule has 2 aromatic rings. The van der Waals surface area contributed by atoms with Crippen LogP contribution in [-0.4, -0.2) is 19.2 Å². The Balaban J connectivity index is 1.60. The molecule has 4 rings (SSSR count). The number of dihydropyridines is 1. The van der Waals surface area contributed by atoms with E-state index in [1.54, 1.807) is 0 Å². The summed E-state index contributed by atoms with van der Waals surface area (Å²) in [6.45, 7) is 0.724. The van der Waals surface area contributed by atoms with Gasteiger partial charge in [0.15, 0.2) is 11.5 Å². The summed E-state index contributed by atoms with van der Waals surface area (Å²) in [5.74, 6) is 1.04. The van der Waals surface area contributed by atoms with E-state index in [1.165, 1.54) is 0 Å². The Morgan fingerprint density at radius 2 is 1.92 bits per heavy atom. The molecule has 0 spiro atoms. The molecule has 6 heteroatoms. The van der Waals surface area contributed by atoms with E-state index in [0.29, 0.717) is 35.8 Å². The Kier molecular flexibility index (Phi) is 4.23. The average Bonchev–Trinajstić information content (AvgIpc) is 3.14. The smallest absolute Gasteiger partial charge is 0.231 e. The number of ether oxygens (including phenoxy) is 2. The Morgan fingerprint density at radius 3 is 2.73 bits per heavy atom. The van der Waals surface area contributed by atoms with E-state index in [2.05, 4.69) is 10.6 Å². The minimum atomic E-state index is -0.109. The summed E-state index contributed by atoms with van der Waals surface area (Å²) in [6, 6.07) is 13.3. The van der Waals surface area contributed by atoms with Crippen LogP contribution in [0.3, 0.4) is 0 Å². The van der Waals surface area contributed by atoms with E-state index in [4.69, 9.17) is 15.2 Å². The number of nitrogens with one attached hydrogen (secondary N) is 2. The first kappa shape index (κ1) is 16.1. The van der Waals surface area contributed by atoms with Crippen molar-refractivity contribution in [2.75, 3.05) is 18.7 Å². The molecule has 6 nitrogen and oxygen atoms in total. The minimum absolute atomic E-state index is 0.109. The number of carbonyl (C=O) groups is 1. The third-order valence-corrected chi connectivity index (χ3v) is 4.33. The quantitative estimate of drug-likeness (QED) is 0.789. The minimum Gasteiger partial charge on any atom is -0.453 e. The van der Waals surface area contributed by atoms with Crippen LogP contribution in [0, 0.1) is 0 Å². The fraction of sp³-hybridized carbons (Fsp3) is 0.150. The van der Waals surface area contributed by atoms with Crippen LogP contribution in [-0.2, 0) is 11.2 Å². The number of nitrogens with two attached hydrogens (primary N) is 1. The van der Waals surface area contributed by atoms with Crippen LogP contribution >= 0.6 is 0 Å². The molecule has 0 radical (unpaired) electrons. The van der Waals surface area contributed by atoms with Gasteiger partial charge in [-0.25, -0.2) is 0 Å². The number of carbonyl (C=O) groups excluding carboxylic acids is 1. The second-order valence-electron chi connectivity index (χ2n) is 6.08. The number of anilines is 1. The van der Waals surface area contributed by atoms with Crippen molar-refractivity contribution in [2.24, 2.45) is 5.73 Å². The van der Waals surface area contributed by atoms with Crippen molar-refractivity contribution < 1.29 is 14.3 Å². The van der Waals surface area contributed by atoms with Crippen molar-refractivity contribution in [1.82, 2.24) is 5.32 Å². The van der Waals surface area contributed by atoms with Gasteiger partial charge in [-0.05, 0) is 30.0 Å². The van der Waals surface area contributed by atoms with Crippen molar-refractivity contribution in [1.29, 1.82) is 0 Å². The molecule has 0 aromatic heterocycles. The second-order valence-corrected chi connectivity index (χ2v) is 6.08. The monoisotopic (exact) mass is 349 g/mol. The Labute approximate surface area is 151 Å². The second kappa shape index (κ2) is 6.84. The summed E-state index contributed by atoms with van der Waals surface area (Å²) in [5, 5.41) is 6.06. The van der Waals surface area contributed by atoms with Crippen molar-refractivity contribution in [3.05, 3.63) is 71.6 Å². The number of benzene rings is 2. The van der Waals surface area contributed by atoms with Gasteiger partial charge in [0.1, 0.15) is 0 Å². The van der Waals surface area contributed by atoms with Crippen LogP contribution in [0.25, 0.3) is 5.57 Å². The van der Waals surface area contributed by atoms with Crippen molar-refractivity contribution in [2.45, 2.75) is 6.42 Å². The van der Waals surface area contributed by atoms with Gasteiger partial charge >= 0.3 is 0 Å². The Morgan fingerprint density at radius 1 is 1.12 bits per heavy atom. The highest BCUT2D eigenvalue weighted by Crippen LogP contribution is 2.45. The highest BCUT2D eigenvalue weighted by atomic mass is 16.7. The molecule has 1 amide bonds. The zero-order valence-electron chi connectivity index (χ0n) is 14.1. The van der Waals surface area contributed by atoms with Gasteiger partial charge in [0.05, 0.1) is 12.1 Å². The predicted octanol–water partition coefficient (Wildman–Crippen LogP) is 2.38. The van der Waals surface area contributed by atoms with E-state index >= 15 is 0 Å². The van der Waals surface area contributed by atoms with E-state index < -0.39 is 0 Å². The maximum absolute atomic E-state index is 12.4. The Hall–Kier alpha value is -3.41. The number of hydrogen-bond acceptors (Lipinski definition) is 5. The number of fused-ring (bicyclic) bond motifs is 1. The molecule has 0 saturated heterocycles. The molecular weight excluding hydrogens is 330 g/mol. The van der Waals surface area contributed by atoms with Gasteiger partial charge in [-0.1, -0.05) is 30.3 Å². The normalized spacial score (nSPS) is 14.9. The van der Waals surface area contributed by atoms with Crippen molar-refractivity contribution in [3.63, 3.8) is 0 Å². The summed E-state index contributed by atoms with van der Waals surface area (Å²) in [4.78, 5) is 12.4. The lowest BCUT2D eigenvalue weighted by Crippen LogP contribution is -2.18. The lowest BCUT2D eigenvalue weighted by Gasteiger charge is -2.17. The van der Waals surface area contributed by atoms with E-state index in [-0.39, 0.29) is 12.7 Å². The maximum Gasteiger partial charge on any atom is 0.231 e. The molecule has 2 heterocycles. The third kappa shape index (κ3) is 3.09. The summed E-state index contributed by atoms with van der Waals surface area (Å²) in [5.41, 5.74) is 10.1. The van der Waals surface area contributed by atoms with Gasteiger partial charge < -0.3 is 25.8 Å². The molecule has 132 valence electrons. The van der Waals surface area contributed by atoms with Gasteiger partial charge in [0.25, 0.3) is 0 Å². The lowest BCUT2D eigenvalue weighted by atomic mass is 10.00. The van der Waals surface area contributed by atoms with E-state index in [0.717, 1.165) is 16.7 Å². The van der Waals surface area contributed by atoms with Crippen molar-refractivity contribution >= 4 is 17.2 Å². The number of rotatable bonds is 4. The fourth-order valence-electron chi connectivity index (χ4n) is 3.07. The first-order valence-electron chi connectivity index (χ1n) is 8.37. The van der Waals surface area contributed by atoms with E-state index in [1.807, 2.05) is 54.7 Å². The highest BCUT2D eigenvalue weighted by Gasteiger charge is 2.25. The molecule has 26 heavy (non-hydrogen) atoms. The molecule has 0 fully saturated rings. The molecule has 0 saturated carbocycles. The van der Waals surface area contributed by atoms with Gasteiger partial charge in [-0.2, -0.15) is 0 Å². The first-order valence-corrected chi connectivity index (χ1v) is 8.37. The molecule has 2 aromatic carbocycles. The summed E-state index contributed by atoms with van der Waals surface area (Å²) in [6.07, 6.45) is 3.93. The molecule has 0 atom stereocenters. The Bertz CT molecular complexity index is 904. The standard InChI is InChI=1S/C20H19N3O3/c21-16-8-9-22-11-15(16)14-6-7-17(20-19(14)25-12-26-20)23-18(24)10-13-4-2-1-3-5-13/h1-9,22H,10-12,21H2,(H,23,24). The summed E-state index contributed by atoms with van der Waals surface area (Å²) >= 11 is 0. The van der Waals surface area contributed by atoms with Crippen LogP contribution in [0.15, 0.2) is 60.4 Å². The first-order chi connectivity index (χ1) is 12.7. The SMILES string of the molecule is NC1=C(c2ccc(NC(=O)Cc3ccccc3)c3c2OCO3)CNC=C1. The molecule has 2 aliphatic rings.